The molecule has 0 aliphatic carbocycles. The third-order valence-corrected chi connectivity index (χ3v) is 2.75. The number of nitrogens with one attached hydrogen (secondary N) is 1. The highest BCUT2D eigenvalue weighted by Gasteiger charge is 2.22. The second-order valence-corrected chi connectivity index (χ2v) is 4.49. The summed E-state index contributed by atoms with van der Waals surface area (Å²) in [4.78, 5) is 10.0. The lowest BCUT2D eigenvalue weighted by molar-refractivity contribution is 0.150. The van der Waals surface area contributed by atoms with Gasteiger partial charge in [-0.1, -0.05) is 0 Å². The summed E-state index contributed by atoms with van der Waals surface area (Å²) >= 11 is 0. The molecule has 2 atom stereocenters. The Balaban J connectivity index is 2.11. The second-order valence-electron chi connectivity index (χ2n) is 4.49. The fraction of sp³-hybridized carbons (Fsp3) is 0.636. The highest BCUT2D eigenvalue weighted by atomic mass is 19.3. The van der Waals surface area contributed by atoms with Gasteiger partial charge in [0.25, 0.3) is 6.43 Å². The predicted molar refractivity (Wildman–Crippen MR) is 61.3 cm³/mol. The number of alkyl halides is 2. The molecular formula is C11H16F2N4. The molecular weight excluding hydrogens is 226 g/mol. The van der Waals surface area contributed by atoms with Gasteiger partial charge < -0.3 is 10.2 Å². The van der Waals surface area contributed by atoms with Crippen molar-refractivity contribution in [3.05, 3.63) is 18.0 Å². The third kappa shape index (κ3) is 2.88. The summed E-state index contributed by atoms with van der Waals surface area (Å²) in [5.41, 5.74) is -0.134. The Kier molecular flexibility index (Phi) is 3.51. The molecule has 0 unspecified atom stereocenters. The number of nitrogens with zero attached hydrogens (tertiary/aromatic N) is 3. The van der Waals surface area contributed by atoms with E-state index < -0.39 is 6.43 Å². The van der Waals surface area contributed by atoms with Crippen molar-refractivity contribution in [2.24, 2.45) is 0 Å². The fourth-order valence-corrected chi connectivity index (χ4v) is 2.10. The van der Waals surface area contributed by atoms with Crippen molar-refractivity contribution >= 4 is 5.95 Å². The standard InChI is InChI=1S/C11H16F2N4/c1-7-5-17(6-8(2)16-7)11-14-3-9(4-15-11)10(12)13/h3-4,7-8,10,16H,5-6H2,1-2H3/t7-,8+. The van der Waals surface area contributed by atoms with E-state index in [4.69, 9.17) is 0 Å². The number of halogens is 2. The van der Waals surface area contributed by atoms with Crippen LogP contribution in [0.5, 0.6) is 0 Å². The molecule has 1 fully saturated rings. The first kappa shape index (κ1) is 12.2. The molecule has 1 saturated heterocycles. The number of piperazine rings is 1. The van der Waals surface area contributed by atoms with Crippen molar-refractivity contribution in [2.75, 3.05) is 18.0 Å². The highest BCUT2D eigenvalue weighted by molar-refractivity contribution is 5.32. The van der Waals surface area contributed by atoms with Crippen LogP contribution in [0.15, 0.2) is 12.4 Å². The summed E-state index contributed by atoms with van der Waals surface area (Å²) < 4.78 is 24.7. The molecule has 0 saturated carbocycles. The van der Waals surface area contributed by atoms with E-state index in [2.05, 4.69) is 29.1 Å². The van der Waals surface area contributed by atoms with Crippen molar-refractivity contribution in [1.82, 2.24) is 15.3 Å². The van der Waals surface area contributed by atoms with Gasteiger partial charge in [0, 0.05) is 37.6 Å². The third-order valence-electron chi connectivity index (χ3n) is 2.75. The molecule has 2 rings (SSSR count). The maximum Gasteiger partial charge on any atom is 0.266 e. The zero-order chi connectivity index (χ0) is 12.4. The van der Waals surface area contributed by atoms with Crippen molar-refractivity contribution in [1.29, 1.82) is 0 Å². The van der Waals surface area contributed by atoms with Gasteiger partial charge >= 0.3 is 0 Å². The molecule has 94 valence electrons. The number of aromatic nitrogens is 2. The van der Waals surface area contributed by atoms with Crippen LogP contribution in [0.1, 0.15) is 25.8 Å². The first-order chi connectivity index (χ1) is 8.06. The Morgan fingerprint density at radius 3 is 2.24 bits per heavy atom. The van der Waals surface area contributed by atoms with Crippen molar-refractivity contribution in [2.45, 2.75) is 32.4 Å². The Morgan fingerprint density at radius 1 is 1.24 bits per heavy atom. The molecule has 0 aromatic carbocycles. The molecule has 0 spiro atoms. The van der Waals surface area contributed by atoms with Gasteiger partial charge in [0.2, 0.25) is 5.95 Å². The lowest BCUT2D eigenvalue weighted by atomic mass is 10.1. The highest BCUT2D eigenvalue weighted by Crippen LogP contribution is 2.18. The molecule has 0 amide bonds. The van der Waals surface area contributed by atoms with Crippen LogP contribution in [0.4, 0.5) is 14.7 Å². The van der Waals surface area contributed by atoms with Crippen molar-refractivity contribution in [3.8, 4) is 0 Å². The summed E-state index contributed by atoms with van der Waals surface area (Å²) in [5.74, 6) is 0.523. The van der Waals surface area contributed by atoms with Crippen LogP contribution < -0.4 is 10.2 Å². The van der Waals surface area contributed by atoms with Gasteiger partial charge in [-0.3, -0.25) is 0 Å². The fourth-order valence-electron chi connectivity index (χ4n) is 2.10. The monoisotopic (exact) mass is 242 g/mol. The second kappa shape index (κ2) is 4.91. The van der Waals surface area contributed by atoms with E-state index in [0.29, 0.717) is 18.0 Å². The molecule has 2 heterocycles. The number of hydrogen-bond acceptors (Lipinski definition) is 4. The number of hydrogen-bond donors (Lipinski definition) is 1. The summed E-state index contributed by atoms with van der Waals surface area (Å²) in [6.45, 7) is 5.74. The summed E-state index contributed by atoms with van der Waals surface area (Å²) in [6.07, 6.45) is -0.112. The quantitative estimate of drug-likeness (QED) is 0.855. The Labute approximate surface area is 99.1 Å². The molecule has 6 heteroatoms. The number of rotatable bonds is 2. The van der Waals surface area contributed by atoms with Gasteiger partial charge in [-0.15, -0.1) is 0 Å². The van der Waals surface area contributed by atoms with E-state index in [1.54, 1.807) is 0 Å². The van der Waals surface area contributed by atoms with Gasteiger partial charge in [-0.2, -0.15) is 0 Å². The first-order valence-corrected chi connectivity index (χ1v) is 5.67. The molecule has 1 aromatic rings. The van der Waals surface area contributed by atoms with Crippen LogP contribution in [-0.4, -0.2) is 35.1 Å². The van der Waals surface area contributed by atoms with Gasteiger partial charge in [0.15, 0.2) is 0 Å². The molecule has 4 nitrogen and oxygen atoms in total. The summed E-state index contributed by atoms with van der Waals surface area (Å²) in [7, 11) is 0. The largest absolute Gasteiger partial charge is 0.338 e. The van der Waals surface area contributed by atoms with E-state index >= 15 is 0 Å². The summed E-state index contributed by atoms with van der Waals surface area (Å²) in [6, 6.07) is 0.689. The lowest BCUT2D eigenvalue weighted by Gasteiger charge is -2.36. The lowest BCUT2D eigenvalue weighted by Crippen LogP contribution is -2.54. The van der Waals surface area contributed by atoms with E-state index in [1.165, 1.54) is 12.4 Å². The van der Waals surface area contributed by atoms with Gasteiger partial charge in [0.05, 0.1) is 5.56 Å². The molecule has 1 aliphatic rings. The Morgan fingerprint density at radius 2 is 1.76 bits per heavy atom. The Bertz CT molecular complexity index is 358. The molecule has 0 radical (unpaired) electrons. The average molecular weight is 242 g/mol. The van der Waals surface area contributed by atoms with Gasteiger partial charge in [-0.25, -0.2) is 18.7 Å². The van der Waals surface area contributed by atoms with Crippen molar-refractivity contribution < 1.29 is 8.78 Å². The molecule has 1 N–H and O–H groups in total. The number of anilines is 1. The minimum Gasteiger partial charge on any atom is -0.338 e. The van der Waals surface area contributed by atoms with Crippen LogP contribution in [-0.2, 0) is 0 Å². The maximum absolute atomic E-state index is 12.4. The van der Waals surface area contributed by atoms with Crippen LogP contribution in [0.2, 0.25) is 0 Å². The molecule has 17 heavy (non-hydrogen) atoms. The normalized spacial score (nSPS) is 25.4. The maximum atomic E-state index is 12.4. The van der Waals surface area contributed by atoms with E-state index in [9.17, 15) is 8.78 Å². The topological polar surface area (TPSA) is 41.1 Å². The molecule has 0 bridgehead atoms. The van der Waals surface area contributed by atoms with Crippen LogP contribution >= 0.6 is 0 Å². The minimum atomic E-state index is -2.51. The van der Waals surface area contributed by atoms with E-state index in [1.807, 2.05) is 4.90 Å². The smallest absolute Gasteiger partial charge is 0.266 e. The van der Waals surface area contributed by atoms with Crippen LogP contribution in [0.25, 0.3) is 0 Å². The molecule has 1 aromatic heterocycles. The first-order valence-electron chi connectivity index (χ1n) is 5.67. The predicted octanol–water partition coefficient (Wildman–Crippen LogP) is 1.60. The summed E-state index contributed by atoms with van der Waals surface area (Å²) in [5, 5.41) is 3.39. The zero-order valence-electron chi connectivity index (χ0n) is 9.90. The average Bonchev–Trinajstić information content (AvgIpc) is 2.28. The Hall–Kier alpha value is -1.30. The van der Waals surface area contributed by atoms with Crippen LogP contribution in [0, 0.1) is 0 Å². The van der Waals surface area contributed by atoms with Gasteiger partial charge in [0.1, 0.15) is 0 Å². The SMILES string of the molecule is C[C@@H]1CN(c2ncc(C(F)F)cn2)C[C@H](C)N1. The zero-order valence-corrected chi connectivity index (χ0v) is 9.90. The van der Waals surface area contributed by atoms with E-state index in [0.717, 1.165) is 13.1 Å². The van der Waals surface area contributed by atoms with Crippen LogP contribution in [0.3, 0.4) is 0 Å². The minimum absolute atomic E-state index is 0.134. The van der Waals surface area contributed by atoms with Crippen molar-refractivity contribution in [3.63, 3.8) is 0 Å². The van der Waals surface area contributed by atoms with E-state index in [-0.39, 0.29) is 5.56 Å². The molecule has 1 aliphatic heterocycles. The van der Waals surface area contributed by atoms with Gasteiger partial charge in [-0.05, 0) is 13.8 Å².